The summed E-state index contributed by atoms with van der Waals surface area (Å²) in [5.74, 6) is 0.861. The van der Waals surface area contributed by atoms with Crippen molar-refractivity contribution in [2.45, 2.75) is 57.6 Å². The highest BCUT2D eigenvalue weighted by atomic mass is 32.2. The minimum Gasteiger partial charge on any atom is -0.289 e. The molecule has 0 saturated heterocycles. The van der Waals surface area contributed by atoms with Crippen molar-refractivity contribution in [1.29, 1.82) is 0 Å². The topological polar surface area (TPSA) is 33.2 Å². The Labute approximate surface area is 153 Å². The maximum atomic E-state index is 11.6. The summed E-state index contributed by atoms with van der Waals surface area (Å²) in [6, 6.07) is 6.71. The van der Waals surface area contributed by atoms with Gasteiger partial charge in [0.25, 0.3) is 0 Å². The van der Waals surface area contributed by atoms with E-state index in [1.807, 2.05) is 18.7 Å². The van der Waals surface area contributed by atoms with Gasteiger partial charge in [0, 0.05) is 29.5 Å². The van der Waals surface area contributed by atoms with E-state index in [1.165, 1.54) is 27.4 Å². The molecule has 0 bridgehead atoms. The molecule has 24 heavy (non-hydrogen) atoms. The van der Waals surface area contributed by atoms with Crippen molar-refractivity contribution in [2.75, 3.05) is 11.4 Å². The van der Waals surface area contributed by atoms with Crippen LogP contribution in [0.25, 0.3) is 0 Å². The van der Waals surface area contributed by atoms with Gasteiger partial charge in [-0.1, -0.05) is 32.9 Å². The van der Waals surface area contributed by atoms with Gasteiger partial charge >= 0.3 is 0 Å². The second kappa shape index (κ2) is 7.70. The van der Waals surface area contributed by atoms with Crippen LogP contribution in [-0.2, 0) is 16.0 Å². The number of rotatable bonds is 5. The summed E-state index contributed by atoms with van der Waals surface area (Å²) in [5.41, 5.74) is 3.82. The fourth-order valence-corrected chi connectivity index (χ4v) is 4.35. The van der Waals surface area contributed by atoms with Crippen molar-refractivity contribution in [1.82, 2.24) is 4.98 Å². The number of thiazole rings is 1. The SMILES string of the molecule is CCN(C(C)=O)c1nc(CSc2cc(C(C)(C)C)ccc2C)cs1. The molecule has 0 aliphatic carbocycles. The van der Waals surface area contributed by atoms with Crippen LogP contribution in [0.1, 0.15) is 51.4 Å². The highest BCUT2D eigenvalue weighted by Crippen LogP contribution is 2.32. The minimum absolute atomic E-state index is 0.0415. The normalized spacial score (nSPS) is 11.6. The summed E-state index contributed by atoms with van der Waals surface area (Å²) in [5, 5.41) is 2.84. The first-order valence-corrected chi connectivity index (χ1v) is 10.1. The first kappa shape index (κ1) is 19.0. The fraction of sp³-hybridized carbons (Fsp3) is 0.474. The van der Waals surface area contributed by atoms with Crippen molar-refractivity contribution in [2.24, 2.45) is 0 Å². The predicted octanol–water partition coefficient (Wildman–Crippen LogP) is 5.41. The first-order chi connectivity index (χ1) is 11.2. The van der Waals surface area contributed by atoms with E-state index in [-0.39, 0.29) is 11.3 Å². The third kappa shape index (κ3) is 4.61. The van der Waals surface area contributed by atoms with Crippen LogP contribution in [-0.4, -0.2) is 17.4 Å². The second-order valence-electron chi connectivity index (χ2n) is 6.90. The van der Waals surface area contributed by atoms with Crippen LogP contribution in [0.3, 0.4) is 0 Å². The Kier molecular flexibility index (Phi) is 6.10. The van der Waals surface area contributed by atoms with Gasteiger partial charge in [0.15, 0.2) is 5.13 Å². The molecule has 0 aliphatic heterocycles. The molecule has 0 saturated carbocycles. The molecule has 2 aromatic rings. The standard InChI is InChI=1S/C19H26N2OS2/c1-7-21(14(3)22)18-20-16(12-24-18)11-23-17-10-15(19(4,5)6)9-8-13(17)2/h8-10,12H,7,11H2,1-6H3. The maximum absolute atomic E-state index is 11.6. The molecule has 1 amide bonds. The zero-order chi connectivity index (χ0) is 17.9. The molecular weight excluding hydrogens is 336 g/mol. The lowest BCUT2D eigenvalue weighted by Crippen LogP contribution is -2.27. The van der Waals surface area contributed by atoms with Crippen LogP contribution in [0, 0.1) is 6.92 Å². The zero-order valence-corrected chi connectivity index (χ0v) is 17.0. The Hall–Kier alpha value is -1.33. The fourth-order valence-electron chi connectivity index (χ4n) is 2.35. The Balaban J connectivity index is 2.12. The maximum Gasteiger partial charge on any atom is 0.225 e. The summed E-state index contributed by atoms with van der Waals surface area (Å²) < 4.78 is 0. The second-order valence-corrected chi connectivity index (χ2v) is 8.76. The van der Waals surface area contributed by atoms with E-state index in [2.05, 4.69) is 56.3 Å². The van der Waals surface area contributed by atoms with E-state index < -0.39 is 0 Å². The Morgan fingerprint density at radius 1 is 1.33 bits per heavy atom. The molecule has 130 valence electrons. The highest BCUT2D eigenvalue weighted by Gasteiger charge is 2.16. The van der Waals surface area contributed by atoms with Crippen LogP contribution in [0.15, 0.2) is 28.5 Å². The van der Waals surface area contributed by atoms with Gasteiger partial charge in [-0.2, -0.15) is 0 Å². The molecule has 1 heterocycles. The van der Waals surface area contributed by atoms with Crippen LogP contribution in [0.5, 0.6) is 0 Å². The summed E-state index contributed by atoms with van der Waals surface area (Å²) in [6.45, 7) is 13.1. The first-order valence-electron chi connectivity index (χ1n) is 8.18. The van der Waals surface area contributed by atoms with Gasteiger partial charge < -0.3 is 0 Å². The molecule has 5 heteroatoms. The third-order valence-corrected chi connectivity index (χ3v) is 6.00. The number of thioether (sulfide) groups is 1. The van der Waals surface area contributed by atoms with Gasteiger partial charge in [-0.05, 0) is 36.5 Å². The molecule has 0 radical (unpaired) electrons. The van der Waals surface area contributed by atoms with E-state index in [9.17, 15) is 4.79 Å². The molecule has 0 N–H and O–H groups in total. The molecule has 1 aromatic carbocycles. The zero-order valence-electron chi connectivity index (χ0n) is 15.3. The van der Waals surface area contributed by atoms with E-state index >= 15 is 0 Å². The lowest BCUT2D eigenvalue weighted by atomic mass is 9.87. The molecule has 0 spiro atoms. The van der Waals surface area contributed by atoms with Crippen LogP contribution in [0.4, 0.5) is 5.13 Å². The Morgan fingerprint density at radius 3 is 2.62 bits per heavy atom. The number of hydrogen-bond acceptors (Lipinski definition) is 4. The molecule has 1 aromatic heterocycles. The number of hydrogen-bond donors (Lipinski definition) is 0. The van der Waals surface area contributed by atoms with Gasteiger partial charge in [0.05, 0.1) is 5.69 Å². The van der Waals surface area contributed by atoms with Gasteiger partial charge in [0.2, 0.25) is 5.91 Å². The molecule has 0 unspecified atom stereocenters. The van der Waals surface area contributed by atoms with Gasteiger partial charge in [0.1, 0.15) is 0 Å². The van der Waals surface area contributed by atoms with Crippen LogP contribution < -0.4 is 4.90 Å². The number of carbonyl (C=O) groups is 1. The van der Waals surface area contributed by atoms with E-state index in [4.69, 9.17) is 0 Å². The summed E-state index contributed by atoms with van der Waals surface area (Å²) >= 11 is 3.35. The average Bonchev–Trinajstić information content (AvgIpc) is 2.94. The number of benzene rings is 1. The summed E-state index contributed by atoms with van der Waals surface area (Å²) in [7, 11) is 0. The average molecular weight is 363 g/mol. The van der Waals surface area contributed by atoms with Crippen LogP contribution >= 0.6 is 23.1 Å². The van der Waals surface area contributed by atoms with Crippen molar-refractivity contribution in [3.8, 4) is 0 Å². The smallest absolute Gasteiger partial charge is 0.225 e. The van der Waals surface area contributed by atoms with E-state index in [0.29, 0.717) is 6.54 Å². The number of amides is 1. The molecule has 0 aliphatic rings. The van der Waals surface area contributed by atoms with E-state index in [0.717, 1.165) is 16.6 Å². The number of nitrogens with zero attached hydrogens (tertiary/aromatic N) is 2. The molecule has 0 atom stereocenters. The third-order valence-electron chi connectivity index (χ3n) is 3.90. The Morgan fingerprint density at radius 2 is 2.04 bits per heavy atom. The van der Waals surface area contributed by atoms with Crippen molar-refractivity contribution in [3.05, 3.63) is 40.4 Å². The van der Waals surface area contributed by atoms with E-state index in [1.54, 1.807) is 11.8 Å². The monoisotopic (exact) mass is 362 g/mol. The van der Waals surface area contributed by atoms with Crippen molar-refractivity contribution in [3.63, 3.8) is 0 Å². The number of anilines is 1. The predicted molar refractivity (Wildman–Crippen MR) is 105 cm³/mol. The van der Waals surface area contributed by atoms with Crippen LogP contribution in [0.2, 0.25) is 0 Å². The van der Waals surface area contributed by atoms with Gasteiger partial charge in [-0.15, -0.1) is 23.1 Å². The van der Waals surface area contributed by atoms with Gasteiger partial charge in [-0.3, -0.25) is 9.69 Å². The lowest BCUT2D eigenvalue weighted by molar-refractivity contribution is -0.116. The molecule has 3 nitrogen and oxygen atoms in total. The largest absolute Gasteiger partial charge is 0.289 e. The van der Waals surface area contributed by atoms with Gasteiger partial charge in [-0.25, -0.2) is 4.98 Å². The summed E-state index contributed by atoms with van der Waals surface area (Å²) in [6.07, 6.45) is 0. The number of aromatic nitrogens is 1. The van der Waals surface area contributed by atoms with Crippen molar-refractivity contribution < 1.29 is 4.79 Å². The highest BCUT2D eigenvalue weighted by molar-refractivity contribution is 7.98. The quantitative estimate of drug-likeness (QED) is 0.666. The molecule has 2 rings (SSSR count). The Bertz CT molecular complexity index is 716. The van der Waals surface area contributed by atoms with Crippen molar-refractivity contribution >= 4 is 34.1 Å². The lowest BCUT2D eigenvalue weighted by Gasteiger charge is -2.20. The molecule has 0 fully saturated rings. The minimum atomic E-state index is 0.0415. The number of aryl methyl sites for hydroxylation is 1. The molecular formula is C19H26N2OS2. The number of carbonyl (C=O) groups excluding carboxylic acids is 1. The summed E-state index contributed by atoms with van der Waals surface area (Å²) in [4.78, 5) is 19.3.